The van der Waals surface area contributed by atoms with Crippen molar-refractivity contribution >= 4 is 44.7 Å². The molecule has 0 heterocycles. The van der Waals surface area contributed by atoms with Gasteiger partial charge in [0.05, 0.1) is 5.25 Å². The van der Waals surface area contributed by atoms with Crippen LogP contribution in [0.3, 0.4) is 0 Å². The number of hydrogen-bond acceptors (Lipinski definition) is 5. The summed E-state index contributed by atoms with van der Waals surface area (Å²) in [4.78, 5) is 14.3. The van der Waals surface area contributed by atoms with Crippen molar-refractivity contribution < 1.29 is 4.79 Å². The average Bonchev–Trinajstić information content (AvgIpc) is 2.79. The van der Waals surface area contributed by atoms with Gasteiger partial charge in [0, 0.05) is 29.3 Å². The van der Waals surface area contributed by atoms with Crippen LogP contribution in [-0.2, 0) is 11.2 Å². The smallest absolute Gasteiger partial charge is 0.137 e. The van der Waals surface area contributed by atoms with Crippen molar-refractivity contribution in [1.29, 1.82) is 0 Å². The van der Waals surface area contributed by atoms with Crippen LogP contribution in [0.25, 0.3) is 0 Å². The molecule has 1 unspecified atom stereocenters. The van der Waals surface area contributed by atoms with Crippen LogP contribution in [0, 0.1) is 0 Å². The van der Waals surface area contributed by atoms with Crippen LogP contribution in [0.1, 0.15) is 21.9 Å². The van der Waals surface area contributed by atoms with Gasteiger partial charge in [0.2, 0.25) is 0 Å². The monoisotopic (exact) mass is 481 g/mol. The summed E-state index contributed by atoms with van der Waals surface area (Å²) in [5.41, 5.74) is 4.12. The first kappa shape index (κ1) is 22.1. The summed E-state index contributed by atoms with van der Waals surface area (Å²) in [5.74, 6) is 5.66. The van der Waals surface area contributed by atoms with Gasteiger partial charge in [-0.25, -0.2) is 0 Å². The van der Waals surface area contributed by atoms with Crippen molar-refractivity contribution in [3.05, 3.63) is 100 Å². The zero-order valence-electron chi connectivity index (χ0n) is 16.7. The summed E-state index contributed by atoms with van der Waals surface area (Å²) in [6.45, 7) is 0.839. The number of hydrogen-bond donors (Lipinski definition) is 1. The summed E-state index contributed by atoms with van der Waals surface area (Å²) in [6.07, 6.45) is 1.88. The van der Waals surface area contributed by atoms with Gasteiger partial charge in [-0.2, -0.15) is 5.10 Å². The third-order valence-electron chi connectivity index (χ3n) is 4.79. The lowest BCUT2D eigenvalue weighted by atomic mass is 10.1. The van der Waals surface area contributed by atoms with E-state index in [1.807, 2.05) is 54.6 Å². The van der Waals surface area contributed by atoms with E-state index in [0.29, 0.717) is 5.04 Å². The normalized spacial score (nSPS) is 12.4. The molecule has 6 heteroatoms. The van der Waals surface area contributed by atoms with E-state index in [1.54, 1.807) is 0 Å². The first-order valence-corrected chi connectivity index (χ1v) is 11.3. The molecule has 0 fully saturated rings. The zero-order valence-corrected chi connectivity index (χ0v) is 19.1. The van der Waals surface area contributed by atoms with E-state index in [-0.39, 0.29) is 0 Å². The molecule has 2 N–H and O–H groups in total. The van der Waals surface area contributed by atoms with Gasteiger partial charge in [0.25, 0.3) is 0 Å². The van der Waals surface area contributed by atoms with E-state index in [2.05, 4.69) is 57.2 Å². The largest absolute Gasteiger partial charge is 0.374 e. The number of hydrazone groups is 1. The molecule has 0 saturated heterocycles. The van der Waals surface area contributed by atoms with Crippen LogP contribution in [0.2, 0.25) is 0 Å². The Kier molecular flexibility index (Phi) is 8.11. The van der Waals surface area contributed by atoms with Crippen LogP contribution in [0.4, 0.5) is 5.69 Å². The van der Waals surface area contributed by atoms with Gasteiger partial charge in [0.15, 0.2) is 0 Å². The number of anilines is 1. The van der Waals surface area contributed by atoms with E-state index in [9.17, 15) is 4.79 Å². The Morgan fingerprint density at radius 3 is 2.40 bits per heavy atom. The molecule has 0 saturated carbocycles. The van der Waals surface area contributed by atoms with E-state index in [0.717, 1.165) is 40.5 Å². The lowest BCUT2D eigenvalue weighted by Gasteiger charge is -2.25. The molecule has 4 nitrogen and oxygen atoms in total. The number of benzene rings is 3. The predicted octanol–water partition coefficient (Wildman–Crippen LogP) is 5.42. The van der Waals surface area contributed by atoms with Gasteiger partial charge < -0.3 is 15.5 Å². The highest BCUT2D eigenvalue weighted by Crippen LogP contribution is 2.37. The minimum Gasteiger partial charge on any atom is -0.374 e. The molecule has 0 aromatic heterocycles. The van der Waals surface area contributed by atoms with Crippen molar-refractivity contribution in [2.45, 2.75) is 11.7 Å². The SMILES string of the molecule is CN(CCc1ccccc1)c1ccc(Br)cc1C(C=O)SC(=NN)c1ccccc1. The minimum atomic E-state index is -0.431. The summed E-state index contributed by atoms with van der Waals surface area (Å²) in [6, 6.07) is 26.1. The highest BCUT2D eigenvalue weighted by atomic mass is 79.9. The third kappa shape index (κ3) is 5.74. The maximum atomic E-state index is 12.1. The maximum absolute atomic E-state index is 12.1. The van der Waals surface area contributed by atoms with Crippen LogP contribution in [-0.4, -0.2) is 24.9 Å². The van der Waals surface area contributed by atoms with Crippen molar-refractivity contribution in [1.82, 2.24) is 0 Å². The van der Waals surface area contributed by atoms with E-state index >= 15 is 0 Å². The lowest BCUT2D eigenvalue weighted by molar-refractivity contribution is -0.107. The molecule has 30 heavy (non-hydrogen) atoms. The standard InChI is InChI=1S/C24H24BrN3OS/c1-28(15-14-18-8-4-2-5-9-18)22-13-12-20(25)16-21(22)23(17-29)30-24(27-26)19-10-6-3-7-11-19/h2-13,16-17,23H,14-15,26H2,1H3. The Labute approximate surface area is 190 Å². The fourth-order valence-corrected chi connectivity index (χ4v) is 4.53. The Hall–Kier alpha value is -2.57. The Morgan fingerprint density at radius 1 is 1.10 bits per heavy atom. The number of carbonyl (C=O) groups excluding carboxylic acids is 1. The molecule has 0 aliphatic rings. The Bertz CT molecular complexity index is 996. The molecule has 154 valence electrons. The van der Waals surface area contributed by atoms with Crippen LogP contribution in [0.15, 0.2) is 88.4 Å². The Morgan fingerprint density at radius 2 is 1.77 bits per heavy atom. The molecule has 0 radical (unpaired) electrons. The lowest BCUT2D eigenvalue weighted by Crippen LogP contribution is -2.22. The quantitative estimate of drug-likeness (QED) is 0.153. The van der Waals surface area contributed by atoms with Crippen LogP contribution < -0.4 is 10.7 Å². The van der Waals surface area contributed by atoms with Crippen LogP contribution in [0.5, 0.6) is 0 Å². The fraction of sp³-hybridized carbons (Fsp3) is 0.167. The molecule has 3 aromatic carbocycles. The predicted molar refractivity (Wildman–Crippen MR) is 131 cm³/mol. The van der Waals surface area contributed by atoms with E-state index in [4.69, 9.17) is 5.84 Å². The van der Waals surface area contributed by atoms with Gasteiger partial charge in [-0.05, 0) is 35.7 Å². The van der Waals surface area contributed by atoms with Gasteiger partial charge in [0.1, 0.15) is 11.3 Å². The topological polar surface area (TPSA) is 58.7 Å². The molecule has 0 bridgehead atoms. The van der Waals surface area contributed by atoms with E-state index < -0.39 is 5.25 Å². The minimum absolute atomic E-state index is 0.431. The number of thioether (sulfide) groups is 1. The average molecular weight is 482 g/mol. The van der Waals surface area contributed by atoms with Gasteiger partial charge in [-0.15, -0.1) is 0 Å². The van der Waals surface area contributed by atoms with Crippen molar-refractivity contribution in [3.8, 4) is 0 Å². The van der Waals surface area contributed by atoms with Gasteiger partial charge in [-0.3, -0.25) is 0 Å². The molecule has 3 rings (SSSR count). The highest BCUT2D eigenvalue weighted by Gasteiger charge is 2.21. The molecule has 0 aliphatic heterocycles. The van der Waals surface area contributed by atoms with Crippen molar-refractivity contribution in [3.63, 3.8) is 0 Å². The van der Waals surface area contributed by atoms with Crippen molar-refractivity contribution in [2.24, 2.45) is 10.9 Å². The van der Waals surface area contributed by atoms with E-state index in [1.165, 1.54) is 17.3 Å². The number of carbonyl (C=O) groups is 1. The number of aldehydes is 1. The second kappa shape index (κ2) is 11.0. The first-order valence-electron chi connectivity index (χ1n) is 9.62. The third-order valence-corrected chi connectivity index (χ3v) is 6.46. The number of rotatable bonds is 8. The first-order chi connectivity index (χ1) is 14.6. The number of nitrogens with two attached hydrogens (primary N) is 1. The molecular formula is C24H24BrN3OS. The molecule has 1 atom stereocenters. The molecule has 0 amide bonds. The summed E-state index contributed by atoms with van der Waals surface area (Å²) < 4.78 is 0.927. The Balaban J connectivity index is 1.84. The van der Waals surface area contributed by atoms with Gasteiger partial charge in [-0.1, -0.05) is 88.4 Å². The second-order valence-corrected chi connectivity index (χ2v) is 8.88. The molecule has 3 aromatic rings. The highest BCUT2D eigenvalue weighted by molar-refractivity contribution is 9.10. The number of nitrogens with zero attached hydrogens (tertiary/aromatic N) is 2. The van der Waals surface area contributed by atoms with Gasteiger partial charge >= 0.3 is 0 Å². The summed E-state index contributed by atoms with van der Waals surface area (Å²) >= 11 is 4.91. The number of likely N-dealkylation sites (N-methyl/N-ethyl adjacent to an activating group) is 1. The summed E-state index contributed by atoms with van der Waals surface area (Å²) in [7, 11) is 2.05. The molecule has 0 spiro atoms. The molecular weight excluding hydrogens is 458 g/mol. The van der Waals surface area contributed by atoms with Crippen molar-refractivity contribution in [2.75, 3.05) is 18.5 Å². The number of halogens is 1. The van der Waals surface area contributed by atoms with Crippen LogP contribution >= 0.6 is 27.7 Å². The maximum Gasteiger partial charge on any atom is 0.137 e. The second-order valence-electron chi connectivity index (χ2n) is 6.84. The fourth-order valence-electron chi connectivity index (χ4n) is 3.20. The summed E-state index contributed by atoms with van der Waals surface area (Å²) in [5, 5.41) is 4.14. The molecule has 0 aliphatic carbocycles. The zero-order chi connectivity index (χ0) is 21.3.